The summed E-state index contributed by atoms with van der Waals surface area (Å²) in [5, 5.41) is 8.47. The van der Waals surface area contributed by atoms with Crippen LogP contribution in [-0.4, -0.2) is 26.1 Å². The summed E-state index contributed by atoms with van der Waals surface area (Å²) in [7, 11) is 0. The number of carbonyl (C=O) groups is 1. The summed E-state index contributed by atoms with van der Waals surface area (Å²) in [5.74, 6) is -0.373. The van der Waals surface area contributed by atoms with Gasteiger partial charge in [0.15, 0.2) is 0 Å². The molecule has 0 aromatic carbocycles. The van der Waals surface area contributed by atoms with E-state index < -0.39 is 0 Å². The highest BCUT2D eigenvalue weighted by atomic mass is 16.2. The fraction of sp³-hybridized carbons (Fsp3) is 0.182. The number of aryl methyl sites for hydroxylation is 1. The molecule has 0 spiro atoms. The van der Waals surface area contributed by atoms with E-state index in [1.54, 1.807) is 6.07 Å². The van der Waals surface area contributed by atoms with Crippen molar-refractivity contribution in [3.05, 3.63) is 52.0 Å². The van der Waals surface area contributed by atoms with E-state index in [9.17, 15) is 9.59 Å². The van der Waals surface area contributed by atoms with Crippen LogP contribution in [0.3, 0.4) is 0 Å². The third-order valence-corrected chi connectivity index (χ3v) is 2.20. The summed E-state index contributed by atoms with van der Waals surface area (Å²) in [6.07, 6.45) is 1.44. The monoisotopic (exact) mass is 245 g/mol. The summed E-state index contributed by atoms with van der Waals surface area (Å²) in [6, 6.07) is 4.39. The van der Waals surface area contributed by atoms with Gasteiger partial charge in [0.2, 0.25) is 0 Å². The van der Waals surface area contributed by atoms with E-state index in [1.807, 2.05) is 6.92 Å². The molecule has 0 fully saturated rings. The minimum Gasteiger partial charge on any atom is -0.345 e. The van der Waals surface area contributed by atoms with Crippen LogP contribution < -0.4 is 10.9 Å². The number of hydrogen-bond acceptors (Lipinski definition) is 5. The SMILES string of the molecule is Cc1cc(CNC(=O)c2ccc(=O)[nH]n2)ncn1. The van der Waals surface area contributed by atoms with Gasteiger partial charge in [-0.05, 0) is 19.1 Å². The van der Waals surface area contributed by atoms with E-state index in [1.165, 1.54) is 18.5 Å². The molecule has 0 aliphatic rings. The highest BCUT2D eigenvalue weighted by Gasteiger charge is 2.07. The Morgan fingerprint density at radius 1 is 1.39 bits per heavy atom. The summed E-state index contributed by atoms with van der Waals surface area (Å²) in [6.45, 7) is 2.12. The number of aromatic nitrogens is 4. The van der Waals surface area contributed by atoms with E-state index in [0.29, 0.717) is 5.69 Å². The van der Waals surface area contributed by atoms with Gasteiger partial charge in [0.05, 0.1) is 12.2 Å². The molecule has 0 saturated heterocycles. The second-order valence-electron chi connectivity index (χ2n) is 3.64. The molecule has 92 valence electrons. The van der Waals surface area contributed by atoms with E-state index in [0.717, 1.165) is 5.69 Å². The molecule has 0 aliphatic heterocycles. The zero-order valence-electron chi connectivity index (χ0n) is 9.67. The maximum atomic E-state index is 11.7. The largest absolute Gasteiger partial charge is 0.345 e. The van der Waals surface area contributed by atoms with Crippen molar-refractivity contribution in [3.8, 4) is 0 Å². The van der Waals surface area contributed by atoms with Crippen LogP contribution in [0.2, 0.25) is 0 Å². The Morgan fingerprint density at radius 3 is 2.89 bits per heavy atom. The number of H-pyrrole nitrogens is 1. The normalized spacial score (nSPS) is 10.1. The third-order valence-electron chi connectivity index (χ3n) is 2.20. The molecule has 0 aliphatic carbocycles. The Labute approximate surface area is 102 Å². The van der Waals surface area contributed by atoms with Crippen LogP contribution in [0, 0.1) is 6.92 Å². The Morgan fingerprint density at radius 2 is 2.22 bits per heavy atom. The average molecular weight is 245 g/mol. The quantitative estimate of drug-likeness (QED) is 0.779. The number of carbonyl (C=O) groups excluding carboxylic acids is 1. The summed E-state index contributed by atoms with van der Waals surface area (Å²) in [5.41, 5.74) is 1.34. The lowest BCUT2D eigenvalue weighted by Gasteiger charge is -2.03. The number of nitrogens with zero attached hydrogens (tertiary/aromatic N) is 3. The highest BCUT2D eigenvalue weighted by molar-refractivity contribution is 5.91. The van der Waals surface area contributed by atoms with E-state index in [2.05, 4.69) is 25.5 Å². The average Bonchev–Trinajstić information content (AvgIpc) is 2.37. The molecule has 18 heavy (non-hydrogen) atoms. The Balaban J connectivity index is 2.00. The molecule has 2 N–H and O–H groups in total. The maximum Gasteiger partial charge on any atom is 0.272 e. The fourth-order valence-corrected chi connectivity index (χ4v) is 1.34. The van der Waals surface area contributed by atoms with E-state index in [-0.39, 0.29) is 23.7 Å². The molecule has 0 radical (unpaired) electrons. The first-order chi connectivity index (χ1) is 8.65. The predicted octanol–water partition coefficient (Wildman–Crippen LogP) is -0.202. The summed E-state index contributed by atoms with van der Waals surface area (Å²) in [4.78, 5) is 30.4. The van der Waals surface area contributed by atoms with Crippen LogP contribution >= 0.6 is 0 Å². The van der Waals surface area contributed by atoms with Gasteiger partial charge in [0.25, 0.3) is 11.5 Å². The molecule has 2 rings (SSSR count). The van der Waals surface area contributed by atoms with Crippen LogP contribution in [-0.2, 0) is 6.54 Å². The number of nitrogens with one attached hydrogen (secondary N) is 2. The first kappa shape index (κ1) is 11.9. The van der Waals surface area contributed by atoms with Gasteiger partial charge in [0.1, 0.15) is 12.0 Å². The molecule has 2 aromatic heterocycles. The highest BCUT2D eigenvalue weighted by Crippen LogP contribution is 1.97. The van der Waals surface area contributed by atoms with Crippen molar-refractivity contribution in [1.29, 1.82) is 0 Å². The second kappa shape index (κ2) is 5.17. The van der Waals surface area contributed by atoms with Crippen LogP contribution in [0.1, 0.15) is 21.9 Å². The molecule has 1 amide bonds. The smallest absolute Gasteiger partial charge is 0.272 e. The standard InChI is InChI=1S/C11H11N5O2/c1-7-4-8(14-6-13-7)5-12-11(18)9-2-3-10(17)16-15-9/h2-4,6H,5H2,1H3,(H,12,18)(H,16,17). The summed E-state index contributed by atoms with van der Waals surface area (Å²) < 4.78 is 0. The summed E-state index contributed by atoms with van der Waals surface area (Å²) >= 11 is 0. The van der Waals surface area contributed by atoms with Gasteiger partial charge in [0, 0.05) is 11.8 Å². The third kappa shape index (κ3) is 2.97. The molecule has 0 bridgehead atoms. The fourth-order valence-electron chi connectivity index (χ4n) is 1.34. The minimum absolute atomic E-state index is 0.153. The Bertz CT molecular complexity index is 602. The molecule has 7 nitrogen and oxygen atoms in total. The predicted molar refractivity (Wildman–Crippen MR) is 62.8 cm³/mol. The van der Waals surface area contributed by atoms with Gasteiger partial charge in [-0.1, -0.05) is 0 Å². The topological polar surface area (TPSA) is 101 Å². The minimum atomic E-state index is -0.373. The lowest BCUT2D eigenvalue weighted by Crippen LogP contribution is -2.25. The van der Waals surface area contributed by atoms with Gasteiger partial charge in [-0.25, -0.2) is 15.1 Å². The van der Waals surface area contributed by atoms with Crippen molar-refractivity contribution < 1.29 is 4.79 Å². The van der Waals surface area contributed by atoms with Crippen LogP contribution in [0.4, 0.5) is 0 Å². The van der Waals surface area contributed by atoms with Gasteiger partial charge in [-0.3, -0.25) is 9.59 Å². The van der Waals surface area contributed by atoms with Gasteiger partial charge < -0.3 is 5.32 Å². The van der Waals surface area contributed by atoms with Crippen molar-refractivity contribution in [3.63, 3.8) is 0 Å². The second-order valence-corrected chi connectivity index (χ2v) is 3.64. The van der Waals surface area contributed by atoms with E-state index in [4.69, 9.17) is 0 Å². The maximum absolute atomic E-state index is 11.7. The van der Waals surface area contributed by atoms with Crippen LogP contribution in [0.5, 0.6) is 0 Å². The molecule has 0 saturated carbocycles. The molecular weight excluding hydrogens is 234 g/mol. The Hall–Kier alpha value is -2.57. The number of aromatic amines is 1. The molecule has 0 atom stereocenters. The molecule has 7 heteroatoms. The van der Waals surface area contributed by atoms with Gasteiger partial charge in [-0.2, -0.15) is 5.10 Å². The number of amides is 1. The lowest BCUT2D eigenvalue weighted by molar-refractivity contribution is 0.0944. The molecule has 0 unspecified atom stereocenters. The first-order valence-corrected chi connectivity index (χ1v) is 5.26. The van der Waals surface area contributed by atoms with Crippen molar-refractivity contribution in [1.82, 2.24) is 25.5 Å². The number of hydrogen-bond donors (Lipinski definition) is 2. The van der Waals surface area contributed by atoms with Crippen LogP contribution in [0.15, 0.2) is 29.3 Å². The van der Waals surface area contributed by atoms with Crippen molar-refractivity contribution in [2.75, 3.05) is 0 Å². The van der Waals surface area contributed by atoms with Crippen molar-refractivity contribution >= 4 is 5.91 Å². The molecule has 2 aromatic rings. The van der Waals surface area contributed by atoms with Gasteiger partial charge in [-0.15, -0.1) is 0 Å². The molecular formula is C11H11N5O2. The molecule has 2 heterocycles. The lowest BCUT2D eigenvalue weighted by atomic mass is 10.3. The van der Waals surface area contributed by atoms with E-state index >= 15 is 0 Å². The zero-order chi connectivity index (χ0) is 13.0. The van der Waals surface area contributed by atoms with Crippen LogP contribution in [0.25, 0.3) is 0 Å². The Kier molecular flexibility index (Phi) is 3.42. The zero-order valence-corrected chi connectivity index (χ0v) is 9.67. The van der Waals surface area contributed by atoms with Crippen molar-refractivity contribution in [2.24, 2.45) is 0 Å². The van der Waals surface area contributed by atoms with Crippen molar-refractivity contribution in [2.45, 2.75) is 13.5 Å². The first-order valence-electron chi connectivity index (χ1n) is 5.26. The number of rotatable bonds is 3. The van der Waals surface area contributed by atoms with Gasteiger partial charge >= 0.3 is 0 Å².